The van der Waals surface area contributed by atoms with Gasteiger partial charge in [0.15, 0.2) is 0 Å². The van der Waals surface area contributed by atoms with E-state index in [4.69, 9.17) is 11.3 Å². The molecule has 0 saturated carbocycles. The first kappa shape index (κ1) is 24.4. The molecule has 0 amide bonds. The summed E-state index contributed by atoms with van der Waals surface area (Å²) in [5, 5.41) is 0. The van der Waals surface area contributed by atoms with E-state index in [2.05, 4.69) is 33.5 Å². The SMILES string of the molecule is [C-]#[N+]c1ccc2c(n1)c(N1C[C@@H](C)N(C(CC(=O)OC)c3ccc(F)cc3)C[C@@H]1C)cc(=O)n2C. The zero-order chi connectivity index (χ0) is 25.3. The second-order valence-corrected chi connectivity index (χ2v) is 8.97. The maximum Gasteiger partial charge on any atom is 0.307 e. The van der Waals surface area contributed by atoms with Crippen molar-refractivity contribution in [3.05, 3.63) is 75.6 Å². The third kappa shape index (κ3) is 4.75. The van der Waals surface area contributed by atoms with Gasteiger partial charge in [0.2, 0.25) is 5.52 Å². The van der Waals surface area contributed by atoms with Gasteiger partial charge >= 0.3 is 5.97 Å². The van der Waals surface area contributed by atoms with Gasteiger partial charge in [-0.25, -0.2) is 4.39 Å². The summed E-state index contributed by atoms with van der Waals surface area (Å²) in [5.41, 5.74) is 2.66. The maximum atomic E-state index is 13.6. The summed E-state index contributed by atoms with van der Waals surface area (Å²) >= 11 is 0. The number of hydrogen-bond acceptors (Lipinski definition) is 6. The lowest BCUT2D eigenvalue weighted by molar-refractivity contribution is -0.142. The largest absolute Gasteiger partial charge is 0.469 e. The zero-order valence-corrected chi connectivity index (χ0v) is 20.2. The molecule has 1 unspecified atom stereocenters. The molecule has 9 heteroatoms. The van der Waals surface area contributed by atoms with E-state index in [-0.39, 0.29) is 47.7 Å². The molecule has 8 nitrogen and oxygen atoms in total. The number of pyridine rings is 2. The standard InChI is InChI=1S/C26H28FN5O3/c1-16-15-32(22-12-24(33)30(4)20-10-11-23(28-3)29-26(20)22)17(2)14-31(16)21(13-25(34)35-5)18-6-8-19(27)9-7-18/h6-12,16-17,21H,13-15H2,1-2,4-5H3/t16-,17+,21?/m1/s1. The number of nitrogens with zero attached hydrogens (tertiary/aromatic N) is 5. The molecule has 0 N–H and O–H groups in total. The Morgan fingerprint density at radius 3 is 2.57 bits per heavy atom. The van der Waals surface area contributed by atoms with E-state index in [1.807, 2.05) is 0 Å². The average Bonchev–Trinajstić information content (AvgIpc) is 2.86. The number of carbonyl (C=O) groups excluding carboxylic acids is 1. The third-order valence-corrected chi connectivity index (χ3v) is 6.75. The minimum absolute atomic E-state index is 0.00550. The van der Waals surface area contributed by atoms with Crippen LogP contribution >= 0.6 is 0 Å². The smallest absolute Gasteiger partial charge is 0.307 e. The summed E-state index contributed by atoms with van der Waals surface area (Å²) in [5.74, 6) is -0.401. The van der Waals surface area contributed by atoms with E-state index in [0.29, 0.717) is 29.8 Å². The number of esters is 1. The second-order valence-electron chi connectivity index (χ2n) is 8.97. The number of aromatic nitrogens is 2. The summed E-state index contributed by atoms with van der Waals surface area (Å²) in [6.45, 7) is 12.6. The van der Waals surface area contributed by atoms with Crippen molar-refractivity contribution in [1.82, 2.24) is 14.5 Å². The predicted octanol–water partition coefficient (Wildman–Crippen LogP) is 3.83. The van der Waals surface area contributed by atoms with Gasteiger partial charge in [-0.3, -0.25) is 14.5 Å². The van der Waals surface area contributed by atoms with Crippen LogP contribution < -0.4 is 10.5 Å². The fourth-order valence-electron chi connectivity index (χ4n) is 4.86. The molecular formula is C26H28FN5O3. The Balaban J connectivity index is 1.71. The van der Waals surface area contributed by atoms with Crippen LogP contribution in [0.25, 0.3) is 15.9 Å². The van der Waals surface area contributed by atoms with Crippen molar-refractivity contribution in [3.8, 4) is 0 Å². The molecule has 3 aromatic rings. The maximum absolute atomic E-state index is 13.6. The van der Waals surface area contributed by atoms with Crippen LogP contribution in [0.15, 0.2) is 47.3 Å². The van der Waals surface area contributed by atoms with Crippen molar-refractivity contribution in [3.63, 3.8) is 0 Å². The van der Waals surface area contributed by atoms with E-state index in [0.717, 1.165) is 5.56 Å². The van der Waals surface area contributed by atoms with Gasteiger partial charge in [0.1, 0.15) is 5.82 Å². The first-order valence-corrected chi connectivity index (χ1v) is 11.5. The predicted molar refractivity (Wildman–Crippen MR) is 132 cm³/mol. The molecule has 1 aliphatic rings. The molecule has 1 aliphatic heterocycles. The molecule has 0 bridgehead atoms. The van der Waals surface area contributed by atoms with Crippen LogP contribution in [0.2, 0.25) is 0 Å². The summed E-state index contributed by atoms with van der Waals surface area (Å²) in [6, 6.07) is 10.8. The summed E-state index contributed by atoms with van der Waals surface area (Å²) in [6.07, 6.45) is 0.143. The van der Waals surface area contributed by atoms with Crippen molar-refractivity contribution in [2.45, 2.75) is 38.4 Å². The van der Waals surface area contributed by atoms with Gasteiger partial charge in [-0.2, -0.15) is 0 Å². The van der Waals surface area contributed by atoms with Gasteiger partial charge in [0, 0.05) is 44.3 Å². The molecule has 3 heterocycles. The lowest BCUT2D eigenvalue weighted by Crippen LogP contribution is -2.57. The lowest BCUT2D eigenvalue weighted by atomic mass is 9.96. The van der Waals surface area contributed by atoms with Crippen LogP contribution in [0, 0.1) is 12.4 Å². The molecule has 2 aromatic heterocycles. The van der Waals surface area contributed by atoms with E-state index in [1.165, 1.54) is 23.8 Å². The van der Waals surface area contributed by atoms with E-state index >= 15 is 0 Å². The summed E-state index contributed by atoms with van der Waals surface area (Å²) in [7, 11) is 3.05. The molecule has 0 radical (unpaired) electrons. The molecule has 1 fully saturated rings. The first-order chi connectivity index (χ1) is 16.7. The number of benzene rings is 1. The molecule has 0 aliphatic carbocycles. The van der Waals surface area contributed by atoms with Crippen LogP contribution in [0.4, 0.5) is 15.9 Å². The third-order valence-electron chi connectivity index (χ3n) is 6.75. The topological polar surface area (TPSA) is 72.0 Å². The number of ether oxygens (including phenoxy) is 1. The highest BCUT2D eigenvalue weighted by Gasteiger charge is 2.36. The van der Waals surface area contributed by atoms with E-state index in [1.54, 1.807) is 37.4 Å². The van der Waals surface area contributed by atoms with Crippen molar-refractivity contribution >= 4 is 28.5 Å². The van der Waals surface area contributed by atoms with Crippen molar-refractivity contribution in [1.29, 1.82) is 0 Å². The van der Waals surface area contributed by atoms with Gasteiger partial charge in [-0.15, -0.1) is 4.98 Å². The van der Waals surface area contributed by atoms with Gasteiger partial charge < -0.3 is 19.0 Å². The number of hydrogen-bond donors (Lipinski definition) is 0. The van der Waals surface area contributed by atoms with Crippen LogP contribution in [0.3, 0.4) is 0 Å². The van der Waals surface area contributed by atoms with Gasteiger partial charge in [0.05, 0.1) is 24.7 Å². The Bertz CT molecular complexity index is 1350. The quantitative estimate of drug-likeness (QED) is 0.411. The number of aryl methyl sites for hydroxylation is 1. The van der Waals surface area contributed by atoms with Crippen LogP contribution in [-0.2, 0) is 16.6 Å². The highest BCUT2D eigenvalue weighted by Crippen LogP contribution is 2.34. The summed E-state index contributed by atoms with van der Waals surface area (Å²) < 4.78 is 20.1. The van der Waals surface area contributed by atoms with Crippen LogP contribution in [-0.4, -0.2) is 52.7 Å². The summed E-state index contributed by atoms with van der Waals surface area (Å²) in [4.78, 5) is 37.3. The minimum atomic E-state index is -0.338. The molecule has 4 rings (SSSR count). The minimum Gasteiger partial charge on any atom is -0.469 e. The Morgan fingerprint density at radius 2 is 1.91 bits per heavy atom. The first-order valence-electron chi connectivity index (χ1n) is 11.5. The number of anilines is 1. The number of methoxy groups -OCH3 is 1. The number of rotatable bonds is 5. The lowest BCUT2D eigenvalue weighted by Gasteiger charge is -2.48. The highest BCUT2D eigenvalue weighted by atomic mass is 19.1. The number of fused-ring (bicyclic) bond motifs is 1. The van der Waals surface area contributed by atoms with Crippen molar-refractivity contribution in [2.24, 2.45) is 7.05 Å². The van der Waals surface area contributed by atoms with E-state index in [9.17, 15) is 14.0 Å². The zero-order valence-electron chi connectivity index (χ0n) is 20.2. The van der Waals surface area contributed by atoms with Gasteiger partial charge in [-0.1, -0.05) is 18.7 Å². The van der Waals surface area contributed by atoms with Crippen molar-refractivity contribution in [2.75, 3.05) is 25.1 Å². The fourth-order valence-corrected chi connectivity index (χ4v) is 4.86. The Kier molecular flexibility index (Phi) is 6.85. The normalized spacial score (nSPS) is 19.4. The Hall–Kier alpha value is -3.77. The van der Waals surface area contributed by atoms with Gasteiger partial charge in [-0.05, 0) is 43.7 Å². The molecule has 0 spiro atoms. The monoisotopic (exact) mass is 477 g/mol. The molecule has 1 saturated heterocycles. The van der Waals surface area contributed by atoms with Crippen molar-refractivity contribution < 1.29 is 13.9 Å². The Morgan fingerprint density at radius 1 is 1.20 bits per heavy atom. The van der Waals surface area contributed by atoms with E-state index < -0.39 is 0 Å². The van der Waals surface area contributed by atoms with Crippen LogP contribution in [0.1, 0.15) is 31.9 Å². The molecule has 35 heavy (non-hydrogen) atoms. The Labute approximate surface area is 203 Å². The average molecular weight is 478 g/mol. The van der Waals surface area contributed by atoms with Crippen LogP contribution in [0.5, 0.6) is 0 Å². The number of halogens is 1. The second kappa shape index (κ2) is 9.84. The molecule has 1 aromatic carbocycles. The van der Waals surface area contributed by atoms with Gasteiger partial charge in [0.25, 0.3) is 11.4 Å². The highest BCUT2D eigenvalue weighted by molar-refractivity contribution is 5.89. The molecule has 3 atom stereocenters. The molecular weight excluding hydrogens is 449 g/mol. The fraction of sp³-hybridized carbons (Fsp3) is 0.385. The number of piperazine rings is 1. The number of carbonyl (C=O) groups is 1. The molecule has 182 valence electrons.